The first-order valence-electron chi connectivity index (χ1n) is 14.5. The molecule has 244 valence electrons. The van der Waals surface area contributed by atoms with E-state index in [9.17, 15) is 37.1 Å². The molecule has 1 aliphatic carbocycles. The molecule has 0 spiro atoms. The summed E-state index contributed by atoms with van der Waals surface area (Å²) in [4.78, 5) is 46.6. The molecule has 6 rings (SSSR count). The smallest absolute Gasteiger partial charge is 0.424 e. The third-order valence-electron chi connectivity index (χ3n) is 8.26. The van der Waals surface area contributed by atoms with Gasteiger partial charge in [0.2, 0.25) is 11.5 Å². The number of carbonyl (C=O) groups excluding carboxylic acids is 3. The van der Waals surface area contributed by atoms with Crippen molar-refractivity contribution >= 4 is 34.4 Å². The average molecular weight is 653 g/mol. The highest BCUT2D eigenvalue weighted by atomic mass is 19.4. The van der Waals surface area contributed by atoms with Crippen LogP contribution < -0.4 is 26.4 Å². The molecular weight excluding hydrogens is 624 g/mol. The summed E-state index contributed by atoms with van der Waals surface area (Å²) >= 11 is 0. The van der Waals surface area contributed by atoms with E-state index in [4.69, 9.17) is 10.5 Å². The molecule has 1 saturated carbocycles. The van der Waals surface area contributed by atoms with Crippen molar-refractivity contribution in [2.75, 3.05) is 18.5 Å². The number of nitrogens with zero attached hydrogens (tertiary/aromatic N) is 2. The van der Waals surface area contributed by atoms with E-state index in [-0.39, 0.29) is 46.5 Å². The molecule has 2 aliphatic rings. The molecule has 15 heteroatoms. The molecule has 2 aromatic carbocycles. The fraction of sp³-hybridized carbons (Fsp3) is 0.281. The third kappa shape index (κ3) is 5.89. The lowest BCUT2D eigenvalue weighted by Gasteiger charge is -2.31. The molecular formula is C32H28F4N6O5. The van der Waals surface area contributed by atoms with Gasteiger partial charge in [-0.25, -0.2) is 14.2 Å². The molecule has 11 nitrogen and oxygen atoms in total. The normalized spacial score (nSPS) is 18.5. The Morgan fingerprint density at radius 1 is 1.11 bits per heavy atom. The molecule has 1 aliphatic heterocycles. The highest BCUT2D eigenvalue weighted by molar-refractivity contribution is 6.05. The van der Waals surface area contributed by atoms with Crippen molar-refractivity contribution in [3.63, 3.8) is 0 Å². The summed E-state index contributed by atoms with van der Waals surface area (Å²) in [5.74, 6) is -2.58. The topological polar surface area (TPSA) is 169 Å². The van der Waals surface area contributed by atoms with E-state index in [1.165, 1.54) is 37.4 Å². The van der Waals surface area contributed by atoms with Crippen LogP contribution in [0.5, 0.6) is 5.75 Å². The molecule has 3 heterocycles. The van der Waals surface area contributed by atoms with E-state index >= 15 is 0 Å². The number of halogens is 4. The van der Waals surface area contributed by atoms with Gasteiger partial charge >= 0.3 is 12.2 Å². The van der Waals surface area contributed by atoms with E-state index in [1.54, 1.807) is 12.1 Å². The van der Waals surface area contributed by atoms with Gasteiger partial charge in [0.25, 0.3) is 5.91 Å². The lowest BCUT2D eigenvalue weighted by atomic mass is 9.81. The average Bonchev–Trinajstić information content (AvgIpc) is 3.78. The van der Waals surface area contributed by atoms with Gasteiger partial charge in [-0.05, 0) is 68.3 Å². The maximum atomic E-state index is 14.8. The van der Waals surface area contributed by atoms with E-state index < -0.39 is 53.1 Å². The number of alkyl halides is 3. The van der Waals surface area contributed by atoms with E-state index in [0.717, 1.165) is 31.0 Å². The quantitative estimate of drug-likeness (QED) is 0.179. The first kappa shape index (κ1) is 31.7. The highest BCUT2D eigenvalue weighted by Crippen LogP contribution is 2.47. The number of rotatable bonds is 8. The number of aliphatic hydroxyl groups is 1. The highest BCUT2D eigenvalue weighted by Gasteiger charge is 2.57. The molecule has 0 saturated heterocycles. The summed E-state index contributed by atoms with van der Waals surface area (Å²) in [6, 6.07) is 10.8. The van der Waals surface area contributed by atoms with Crippen molar-refractivity contribution in [1.29, 1.82) is 0 Å². The number of fused-ring (bicyclic) bond motifs is 2. The number of ether oxygens (including phenoxy) is 1. The van der Waals surface area contributed by atoms with Crippen LogP contribution in [0.2, 0.25) is 0 Å². The van der Waals surface area contributed by atoms with Gasteiger partial charge in [-0.1, -0.05) is 6.07 Å². The summed E-state index contributed by atoms with van der Waals surface area (Å²) in [6.45, 7) is -0.336. The zero-order valence-electron chi connectivity index (χ0n) is 24.7. The second-order valence-corrected chi connectivity index (χ2v) is 11.7. The number of anilines is 1. The summed E-state index contributed by atoms with van der Waals surface area (Å²) in [5.41, 5.74) is -0.474. The summed E-state index contributed by atoms with van der Waals surface area (Å²) < 4.78 is 63.7. The van der Waals surface area contributed by atoms with Crippen LogP contribution in [-0.2, 0) is 15.8 Å². The lowest BCUT2D eigenvalue weighted by Crippen LogP contribution is -2.51. The van der Waals surface area contributed by atoms with Crippen molar-refractivity contribution in [2.45, 2.75) is 43.0 Å². The molecule has 0 bridgehead atoms. The second-order valence-electron chi connectivity index (χ2n) is 11.7. The number of nitrogens with two attached hydrogens (primary N) is 1. The van der Waals surface area contributed by atoms with Crippen LogP contribution >= 0.6 is 0 Å². The Balaban J connectivity index is 1.37. The number of amides is 4. The third-order valence-corrected chi connectivity index (χ3v) is 8.26. The number of benzene rings is 2. The molecule has 4 aromatic rings. The molecule has 1 unspecified atom stereocenters. The van der Waals surface area contributed by atoms with Crippen molar-refractivity contribution < 1.29 is 41.8 Å². The SMILES string of the molecule is C[C@]1(C(N)=O)COc2c1cc(C(O)(CNC(=O)c1cc(NC(=O)NC3CC3)c3ncccc3c1)C(F)(F)F)nc2-c1ccc(F)cc1. The lowest BCUT2D eigenvalue weighted by molar-refractivity contribution is -0.265. The minimum absolute atomic E-state index is 0.0320. The summed E-state index contributed by atoms with van der Waals surface area (Å²) in [7, 11) is 0. The molecule has 47 heavy (non-hydrogen) atoms. The van der Waals surface area contributed by atoms with Gasteiger partial charge in [-0.2, -0.15) is 13.2 Å². The van der Waals surface area contributed by atoms with Gasteiger partial charge in [0.05, 0.1) is 23.4 Å². The molecule has 4 amide bonds. The van der Waals surface area contributed by atoms with Gasteiger partial charge in [0, 0.05) is 34.3 Å². The largest absolute Gasteiger partial charge is 0.489 e. The van der Waals surface area contributed by atoms with Crippen LogP contribution in [0.25, 0.3) is 22.2 Å². The van der Waals surface area contributed by atoms with Gasteiger partial charge in [0.1, 0.15) is 29.3 Å². The van der Waals surface area contributed by atoms with Crippen LogP contribution in [0.1, 0.15) is 41.4 Å². The number of hydrogen-bond acceptors (Lipinski definition) is 7. The summed E-state index contributed by atoms with van der Waals surface area (Å²) in [5, 5.41) is 19.3. The molecule has 2 aromatic heterocycles. The Hall–Kier alpha value is -5.31. The Kier molecular flexibility index (Phi) is 7.74. The predicted octanol–water partition coefficient (Wildman–Crippen LogP) is 4.04. The fourth-order valence-corrected chi connectivity index (χ4v) is 5.24. The van der Waals surface area contributed by atoms with Crippen LogP contribution in [0.4, 0.5) is 28.0 Å². The van der Waals surface area contributed by atoms with Crippen molar-refractivity contribution in [2.24, 2.45) is 5.73 Å². The standard InChI is InChI=1S/C32H28F4N6O5/c1-30(28(37)44)15-47-26-21(30)13-23(42-25(26)16-4-6-19(33)7-5-16)31(46,32(34,35)36)14-39-27(43)18-11-17-3-2-10-38-24(17)22(12-18)41-29(45)40-20-8-9-20/h2-7,10-13,20,46H,8-9,14-15H2,1H3,(H2,37,44)(H,39,43)(H2,40,41,45)/t30-,31?/m0/s1. The maximum absolute atomic E-state index is 14.8. The van der Waals surface area contributed by atoms with Crippen LogP contribution in [0, 0.1) is 5.82 Å². The number of hydrogen-bond donors (Lipinski definition) is 5. The van der Waals surface area contributed by atoms with E-state index in [2.05, 4.69) is 25.9 Å². The van der Waals surface area contributed by atoms with Crippen LogP contribution in [-0.4, -0.2) is 58.3 Å². The maximum Gasteiger partial charge on any atom is 0.424 e. The Morgan fingerprint density at radius 3 is 2.49 bits per heavy atom. The van der Waals surface area contributed by atoms with Crippen molar-refractivity contribution in [3.05, 3.63) is 83.4 Å². The molecule has 0 radical (unpaired) electrons. The van der Waals surface area contributed by atoms with E-state index in [1.807, 2.05) is 0 Å². The first-order chi connectivity index (χ1) is 22.2. The number of carbonyl (C=O) groups is 3. The van der Waals surface area contributed by atoms with Crippen molar-refractivity contribution in [1.82, 2.24) is 20.6 Å². The number of aromatic nitrogens is 2. The molecule has 2 atom stereocenters. The van der Waals surface area contributed by atoms with Gasteiger partial charge in [-0.3, -0.25) is 14.6 Å². The molecule has 6 N–H and O–H groups in total. The van der Waals surface area contributed by atoms with Gasteiger partial charge in [0.15, 0.2) is 0 Å². The minimum Gasteiger partial charge on any atom is -0.489 e. The monoisotopic (exact) mass is 652 g/mol. The van der Waals surface area contributed by atoms with Crippen LogP contribution in [0.3, 0.4) is 0 Å². The Labute approximate surface area is 264 Å². The van der Waals surface area contributed by atoms with Crippen LogP contribution in [0.15, 0.2) is 60.8 Å². The predicted molar refractivity (Wildman–Crippen MR) is 161 cm³/mol. The zero-order chi connectivity index (χ0) is 33.7. The number of nitrogens with one attached hydrogen (secondary N) is 3. The Morgan fingerprint density at radius 2 is 1.83 bits per heavy atom. The first-order valence-corrected chi connectivity index (χ1v) is 14.5. The van der Waals surface area contributed by atoms with E-state index in [0.29, 0.717) is 10.9 Å². The van der Waals surface area contributed by atoms with Gasteiger partial charge in [-0.15, -0.1) is 0 Å². The molecule has 1 fully saturated rings. The number of primary amides is 1. The fourth-order valence-electron chi connectivity index (χ4n) is 5.24. The zero-order valence-corrected chi connectivity index (χ0v) is 24.7. The number of urea groups is 1. The minimum atomic E-state index is -5.40. The number of pyridine rings is 2. The second kappa shape index (κ2) is 11.5. The summed E-state index contributed by atoms with van der Waals surface area (Å²) in [6.07, 6.45) is -2.26. The van der Waals surface area contributed by atoms with Gasteiger partial charge < -0.3 is 31.5 Å². The Bertz CT molecular complexity index is 1920. The van der Waals surface area contributed by atoms with Crippen molar-refractivity contribution in [3.8, 4) is 17.0 Å².